The number of pyridine rings is 1. The zero-order valence-corrected chi connectivity index (χ0v) is 16.0. The second kappa shape index (κ2) is 7.95. The summed E-state index contributed by atoms with van der Waals surface area (Å²) in [5, 5.41) is 5.71. The van der Waals surface area contributed by atoms with Crippen molar-refractivity contribution >= 4 is 39.1 Å². The predicted molar refractivity (Wildman–Crippen MR) is 103 cm³/mol. The third kappa shape index (κ3) is 4.88. The number of halogens is 1. The molecule has 0 aliphatic carbocycles. The van der Waals surface area contributed by atoms with E-state index in [1.165, 1.54) is 0 Å². The Balaban J connectivity index is 1.52. The van der Waals surface area contributed by atoms with Crippen molar-refractivity contribution in [3.63, 3.8) is 0 Å². The molecular weight excluding hydrogens is 378 g/mol. The van der Waals surface area contributed by atoms with Crippen molar-refractivity contribution in [2.24, 2.45) is 11.1 Å². The first kappa shape index (κ1) is 18.5. The molecule has 1 aromatic heterocycles. The largest absolute Gasteiger partial charge is 0.372 e. The quantitative estimate of drug-likeness (QED) is 0.618. The standard InChI is InChI=1S/C17H20ClN3O2S2/c18-17-16(2-1-9-20-17)24-12-13-7-10-21(11-8-13)14-3-5-15(6-4-14)25(19,22)23/h1-6,9,13H,7-8,10-12H2,(H2,19,22,23). The lowest BCUT2D eigenvalue weighted by atomic mass is 9.98. The van der Waals surface area contributed by atoms with Gasteiger partial charge in [-0.15, -0.1) is 11.8 Å². The van der Waals surface area contributed by atoms with Gasteiger partial charge < -0.3 is 4.90 Å². The average Bonchev–Trinajstić information content (AvgIpc) is 2.61. The van der Waals surface area contributed by atoms with Crippen LogP contribution < -0.4 is 10.0 Å². The lowest BCUT2D eigenvalue weighted by Crippen LogP contribution is -2.34. The van der Waals surface area contributed by atoms with Crippen molar-refractivity contribution in [2.75, 3.05) is 23.7 Å². The maximum atomic E-state index is 11.3. The minimum atomic E-state index is -3.63. The Morgan fingerprint density at radius 1 is 1.20 bits per heavy atom. The first-order valence-electron chi connectivity index (χ1n) is 8.04. The molecule has 3 rings (SSSR count). The fourth-order valence-electron chi connectivity index (χ4n) is 2.89. The maximum Gasteiger partial charge on any atom is 0.238 e. The molecule has 1 aromatic carbocycles. The molecule has 0 spiro atoms. The lowest BCUT2D eigenvalue weighted by molar-refractivity contribution is 0.445. The number of piperidine rings is 1. The molecule has 2 heterocycles. The van der Waals surface area contributed by atoms with E-state index < -0.39 is 10.0 Å². The summed E-state index contributed by atoms with van der Waals surface area (Å²) in [6.07, 6.45) is 3.90. The van der Waals surface area contributed by atoms with Crippen LogP contribution in [0.15, 0.2) is 52.4 Å². The highest BCUT2D eigenvalue weighted by Gasteiger charge is 2.20. The molecule has 5 nitrogen and oxygen atoms in total. The third-order valence-corrected chi connectivity index (χ3v) is 6.97. The van der Waals surface area contributed by atoms with Crippen LogP contribution in [-0.4, -0.2) is 32.2 Å². The molecule has 8 heteroatoms. The molecule has 1 aliphatic rings. The van der Waals surface area contributed by atoms with Gasteiger partial charge in [0.05, 0.1) is 4.90 Å². The second-order valence-electron chi connectivity index (χ2n) is 6.07. The van der Waals surface area contributed by atoms with Crippen LogP contribution >= 0.6 is 23.4 Å². The number of benzene rings is 1. The summed E-state index contributed by atoms with van der Waals surface area (Å²) in [5.74, 6) is 1.67. The summed E-state index contributed by atoms with van der Waals surface area (Å²) in [5.41, 5.74) is 1.04. The summed E-state index contributed by atoms with van der Waals surface area (Å²) in [6.45, 7) is 1.92. The summed E-state index contributed by atoms with van der Waals surface area (Å²) >= 11 is 7.86. The average molecular weight is 398 g/mol. The summed E-state index contributed by atoms with van der Waals surface area (Å²) in [4.78, 5) is 7.57. The Hall–Kier alpha value is -1.28. The van der Waals surface area contributed by atoms with Crippen LogP contribution in [0.5, 0.6) is 0 Å². The zero-order valence-electron chi connectivity index (χ0n) is 13.6. The van der Waals surface area contributed by atoms with E-state index in [4.69, 9.17) is 16.7 Å². The van der Waals surface area contributed by atoms with Crippen LogP contribution in [0.1, 0.15) is 12.8 Å². The Morgan fingerprint density at radius 2 is 1.88 bits per heavy atom. The monoisotopic (exact) mass is 397 g/mol. The van der Waals surface area contributed by atoms with Gasteiger partial charge in [-0.3, -0.25) is 0 Å². The molecule has 1 saturated heterocycles. The Morgan fingerprint density at radius 3 is 2.48 bits per heavy atom. The fourth-order valence-corrected chi connectivity index (χ4v) is 4.78. The van der Waals surface area contributed by atoms with E-state index in [2.05, 4.69) is 9.88 Å². The van der Waals surface area contributed by atoms with Crippen molar-refractivity contribution < 1.29 is 8.42 Å². The molecule has 134 valence electrons. The van der Waals surface area contributed by atoms with Crippen LogP contribution in [0.4, 0.5) is 5.69 Å². The van der Waals surface area contributed by atoms with Gasteiger partial charge in [-0.05, 0) is 55.2 Å². The first-order valence-corrected chi connectivity index (χ1v) is 11.0. The van der Waals surface area contributed by atoms with Gasteiger partial charge in [0.2, 0.25) is 10.0 Å². The second-order valence-corrected chi connectivity index (χ2v) is 9.05. The number of nitrogens with two attached hydrogens (primary N) is 1. The molecule has 0 atom stereocenters. The highest BCUT2D eigenvalue weighted by atomic mass is 35.5. The van der Waals surface area contributed by atoms with E-state index in [1.54, 1.807) is 30.1 Å². The predicted octanol–water partition coefficient (Wildman–Crippen LogP) is 3.39. The van der Waals surface area contributed by atoms with Gasteiger partial charge in [-0.1, -0.05) is 11.6 Å². The highest BCUT2D eigenvalue weighted by molar-refractivity contribution is 7.99. The van der Waals surface area contributed by atoms with E-state index in [1.807, 2.05) is 24.3 Å². The summed E-state index contributed by atoms with van der Waals surface area (Å²) in [7, 11) is -3.63. The van der Waals surface area contributed by atoms with Gasteiger partial charge in [0.15, 0.2) is 0 Å². The number of thioether (sulfide) groups is 1. The van der Waals surface area contributed by atoms with Gasteiger partial charge in [0, 0.05) is 35.6 Å². The molecule has 1 fully saturated rings. The van der Waals surface area contributed by atoms with Crippen LogP contribution in [0, 0.1) is 5.92 Å². The van der Waals surface area contributed by atoms with Gasteiger partial charge in [-0.25, -0.2) is 18.5 Å². The number of sulfonamides is 1. The molecule has 0 unspecified atom stereocenters. The van der Waals surface area contributed by atoms with Crippen LogP contribution in [0.25, 0.3) is 0 Å². The minimum Gasteiger partial charge on any atom is -0.372 e. The van der Waals surface area contributed by atoms with E-state index in [9.17, 15) is 8.42 Å². The lowest BCUT2D eigenvalue weighted by Gasteiger charge is -2.33. The van der Waals surface area contributed by atoms with Crippen molar-refractivity contribution in [2.45, 2.75) is 22.6 Å². The van der Waals surface area contributed by atoms with Gasteiger partial charge >= 0.3 is 0 Å². The van der Waals surface area contributed by atoms with Crippen molar-refractivity contribution in [1.29, 1.82) is 0 Å². The van der Waals surface area contributed by atoms with E-state index in [-0.39, 0.29) is 4.90 Å². The maximum absolute atomic E-state index is 11.3. The number of hydrogen-bond acceptors (Lipinski definition) is 5. The number of primary sulfonamides is 1. The van der Waals surface area contributed by atoms with Gasteiger partial charge in [0.25, 0.3) is 0 Å². The molecule has 2 aromatic rings. The molecule has 25 heavy (non-hydrogen) atoms. The smallest absolute Gasteiger partial charge is 0.238 e. The minimum absolute atomic E-state index is 0.149. The molecule has 1 aliphatic heterocycles. The van der Waals surface area contributed by atoms with Gasteiger partial charge in [-0.2, -0.15) is 0 Å². The number of hydrogen-bond donors (Lipinski definition) is 1. The van der Waals surface area contributed by atoms with E-state index in [0.29, 0.717) is 11.1 Å². The molecule has 0 radical (unpaired) electrons. The SMILES string of the molecule is NS(=O)(=O)c1ccc(N2CCC(CSc3cccnc3Cl)CC2)cc1. The Kier molecular flexibility index (Phi) is 5.89. The van der Waals surface area contributed by atoms with Gasteiger partial charge in [0.1, 0.15) is 5.15 Å². The molecule has 2 N–H and O–H groups in total. The van der Waals surface area contributed by atoms with E-state index >= 15 is 0 Å². The zero-order chi connectivity index (χ0) is 17.9. The number of aromatic nitrogens is 1. The Bertz CT molecular complexity index is 820. The number of anilines is 1. The summed E-state index contributed by atoms with van der Waals surface area (Å²) in [6, 6.07) is 10.7. The normalized spacial score (nSPS) is 16.2. The summed E-state index contributed by atoms with van der Waals surface area (Å²) < 4.78 is 22.6. The van der Waals surface area contributed by atoms with Crippen LogP contribution in [0.2, 0.25) is 5.15 Å². The first-order chi connectivity index (χ1) is 11.9. The van der Waals surface area contributed by atoms with Crippen molar-refractivity contribution in [3.05, 3.63) is 47.7 Å². The molecule has 0 amide bonds. The number of nitrogens with zero attached hydrogens (tertiary/aromatic N) is 2. The Labute approximate surface area is 157 Å². The van der Waals surface area contributed by atoms with E-state index in [0.717, 1.165) is 42.3 Å². The molecular formula is C17H20ClN3O2S2. The van der Waals surface area contributed by atoms with Crippen molar-refractivity contribution in [3.8, 4) is 0 Å². The van der Waals surface area contributed by atoms with Crippen LogP contribution in [-0.2, 0) is 10.0 Å². The third-order valence-electron chi connectivity index (χ3n) is 4.34. The topological polar surface area (TPSA) is 76.3 Å². The fraction of sp³-hybridized carbons (Fsp3) is 0.353. The molecule has 0 bridgehead atoms. The molecule has 0 saturated carbocycles. The number of rotatable bonds is 5. The van der Waals surface area contributed by atoms with Crippen molar-refractivity contribution in [1.82, 2.24) is 4.98 Å². The van der Waals surface area contributed by atoms with Crippen LogP contribution in [0.3, 0.4) is 0 Å². The highest BCUT2D eigenvalue weighted by Crippen LogP contribution is 2.31.